The van der Waals surface area contributed by atoms with Crippen molar-refractivity contribution in [1.82, 2.24) is 14.8 Å². The summed E-state index contributed by atoms with van der Waals surface area (Å²) in [7, 11) is 3.16. The van der Waals surface area contributed by atoms with Crippen LogP contribution in [0, 0.1) is 12.8 Å². The number of aliphatic hydroxyl groups excluding tert-OH is 1. The number of ether oxygens (including phenoxy) is 3. The van der Waals surface area contributed by atoms with Crippen LogP contribution in [0.4, 0.5) is 4.79 Å². The Kier molecular flexibility index (Phi) is 8.89. The number of aromatic amines is 1. The number of benzene rings is 1. The van der Waals surface area contributed by atoms with Crippen LogP contribution in [0.25, 0.3) is 0 Å². The standard InChI is InChI=1S/C27H39N3O6/c1-18-13-22(28-15-18)25(32)30(16-20-7-8-21(34-5)14-24(20)35-6)17-23(31)19-9-11-29(12-10-19)26(33)36-27(2,3)4/h7-8,13-15,19,23,28,31H,9-12,16-17H2,1-6H3. The van der Waals surface area contributed by atoms with Crippen molar-refractivity contribution in [3.8, 4) is 11.5 Å². The summed E-state index contributed by atoms with van der Waals surface area (Å²) >= 11 is 0. The van der Waals surface area contributed by atoms with E-state index in [1.807, 2.05) is 39.8 Å². The number of methoxy groups -OCH3 is 2. The minimum absolute atomic E-state index is 0.0397. The molecule has 1 fully saturated rings. The van der Waals surface area contributed by atoms with E-state index in [9.17, 15) is 14.7 Å². The number of carbonyl (C=O) groups is 2. The number of carbonyl (C=O) groups excluding carboxylic acids is 2. The molecule has 1 aliphatic heterocycles. The Morgan fingerprint density at radius 1 is 1.17 bits per heavy atom. The predicted molar refractivity (Wildman–Crippen MR) is 136 cm³/mol. The van der Waals surface area contributed by atoms with E-state index < -0.39 is 11.7 Å². The first-order chi connectivity index (χ1) is 17.0. The Bertz CT molecular complexity index is 1040. The normalized spacial score (nSPS) is 15.4. The van der Waals surface area contributed by atoms with Crippen molar-refractivity contribution >= 4 is 12.0 Å². The summed E-state index contributed by atoms with van der Waals surface area (Å²) in [5.41, 5.74) is 1.68. The summed E-state index contributed by atoms with van der Waals surface area (Å²) in [5, 5.41) is 11.2. The number of amides is 2. The highest BCUT2D eigenvalue weighted by Gasteiger charge is 2.32. The number of aliphatic hydroxyl groups is 1. The molecule has 1 unspecified atom stereocenters. The van der Waals surface area contributed by atoms with Gasteiger partial charge in [0.25, 0.3) is 5.91 Å². The van der Waals surface area contributed by atoms with Gasteiger partial charge in [-0.25, -0.2) is 4.79 Å². The molecule has 0 aliphatic carbocycles. The molecule has 9 nitrogen and oxygen atoms in total. The van der Waals surface area contributed by atoms with Crippen molar-refractivity contribution in [2.75, 3.05) is 33.9 Å². The molecular weight excluding hydrogens is 462 g/mol. The molecule has 1 aromatic carbocycles. The molecule has 0 saturated carbocycles. The van der Waals surface area contributed by atoms with Crippen LogP contribution in [0.3, 0.4) is 0 Å². The van der Waals surface area contributed by atoms with Crippen molar-refractivity contribution < 1.29 is 28.9 Å². The van der Waals surface area contributed by atoms with Crippen LogP contribution >= 0.6 is 0 Å². The van der Waals surface area contributed by atoms with Gasteiger partial charge >= 0.3 is 6.09 Å². The molecule has 198 valence electrons. The first kappa shape index (κ1) is 27.4. The summed E-state index contributed by atoms with van der Waals surface area (Å²) in [5.74, 6) is 1.02. The van der Waals surface area contributed by atoms with Crippen LogP contribution in [-0.4, -0.2) is 77.4 Å². The number of rotatable bonds is 8. The van der Waals surface area contributed by atoms with Crippen LogP contribution in [0.1, 0.15) is 55.2 Å². The van der Waals surface area contributed by atoms with Crippen LogP contribution in [0.15, 0.2) is 30.5 Å². The quantitative estimate of drug-likeness (QED) is 0.567. The van der Waals surface area contributed by atoms with Gasteiger partial charge in [-0.15, -0.1) is 0 Å². The summed E-state index contributed by atoms with van der Waals surface area (Å²) in [6, 6.07) is 7.26. The number of likely N-dealkylation sites (tertiary alicyclic amines) is 1. The molecule has 1 aliphatic rings. The first-order valence-electron chi connectivity index (χ1n) is 12.3. The van der Waals surface area contributed by atoms with E-state index in [4.69, 9.17) is 14.2 Å². The zero-order valence-electron chi connectivity index (χ0n) is 22.2. The van der Waals surface area contributed by atoms with Crippen LogP contribution in [-0.2, 0) is 11.3 Å². The summed E-state index contributed by atoms with van der Waals surface area (Å²) in [6.07, 6.45) is 1.98. The van der Waals surface area contributed by atoms with Crippen molar-refractivity contribution in [3.63, 3.8) is 0 Å². The van der Waals surface area contributed by atoms with Gasteiger partial charge in [0.1, 0.15) is 22.8 Å². The number of aryl methyl sites for hydroxylation is 1. The smallest absolute Gasteiger partial charge is 0.410 e. The van der Waals surface area contributed by atoms with Crippen molar-refractivity contribution in [2.24, 2.45) is 5.92 Å². The van der Waals surface area contributed by atoms with Crippen LogP contribution in [0.5, 0.6) is 11.5 Å². The zero-order chi connectivity index (χ0) is 26.5. The molecule has 36 heavy (non-hydrogen) atoms. The number of nitrogens with zero attached hydrogens (tertiary/aromatic N) is 2. The van der Waals surface area contributed by atoms with E-state index in [2.05, 4.69) is 4.98 Å². The van der Waals surface area contributed by atoms with E-state index >= 15 is 0 Å². The van der Waals surface area contributed by atoms with Gasteiger partial charge < -0.3 is 34.1 Å². The van der Waals surface area contributed by atoms with Crippen molar-refractivity contribution in [2.45, 2.75) is 58.8 Å². The van der Waals surface area contributed by atoms with Crippen LogP contribution in [0.2, 0.25) is 0 Å². The molecule has 3 rings (SSSR count). The molecule has 2 heterocycles. The minimum atomic E-state index is -0.741. The number of nitrogens with one attached hydrogen (secondary N) is 1. The highest BCUT2D eigenvalue weighted by Crippen LogP contribution is 2.28. The van der Waals surface area contributed by atoms with Gasteiger partial charge in [-0.05, 0) is 70.2 Å². The average molecular weight is 502 g/mol. The maximum absolute atomic E-state index is 13.4. The largest absolute Gasteiger partial charge is 0.497 e. The van der Waals surface area contributed by atoms with E-state index in [-0.39, 0.29) is 31.0 Å². The Morgan fingerprint density at radius 2 is 1.86 bits per heavy atom. The number of hydrogen-bond donors (Lipinski definition) is 2. The Labute approximate surface area is 213 Å². The van der Waals surface area contributed by atoms with Gasteiger partial charge in [0.15, 0.2) is 0 Å². The van der Waals surface area contributed by atoms with Gasteiger partial charge in [0.05, 0.1) is 20.3 Å². The SMILES string of the molecule is COc1ccc(CN(CC(O)C2CCN(C(=O)OC(C)(C)C)CC2)C(=O)c2cc(C)c[nH]2)c(OC)c1. The molecule has 1 saturated heterocycles. The first-order valence-corrected chi connectivity index (χ1v) is 12.3. The third-order valence-corrected chi connectivity index (χ3v) is 6.34. The Hall–Kier alpha value is -3.20. The van der Waals surface area contributed by atoms with Crippen molar-refractivity contribution in [1.29, 1.82) is 0 Å². The number of piperidine rings is 1. The molecule has 0 radical (unpaired) electrons. The van der Waals surface area contributed by atoms with Gasteiger partial charge in [-0.1, -0.05) is 0 Å². The third-order valence-electron chi connectivity index (χ3n) is 6.34. The molecule has 9 heteroatoms. The Morgan fingerprint density at radius 3 is 2.42 bits per heavy atom. The lowest BCUT2D eigenvalue weighted by molar-refractivity contribution is 0.00218. The fraction of sp³-hybridized carbons (Fsp3) is 0.556. The van der Waals surface area contributed by atoms with Gasteiger partial charge in [0, 0.05) is 44.0 Å². The molecule has 0 spiro atoms. The zero-order valence-corrected chi connectivity index (χ0v) is 22.2. The molecule has 1 aromatic heterocycles. The molecule has 2 N–H and O–H groups in total. The maximum Gasteiger partial charge on any atom is 0.410 e. The number of H-pyrrole nitrogens is 1. The van der Waals surface area contributed by atoms with E-state index in [1.54, 1.807) is 42.3 Å². The van der Waals surface area contributed by atoms with E-state index in [1.165, 1.54) is 0 Å². The van der Waals surface area contributed by atoms with Gasteiger partial charge in [0.2, 0.25) is 0 Å². The van der Waals surface area contributed by atoms with E-state index in [0.717, 1.165) is 11.1 Å². The molecule has 0 bridgehead atoms. The predicted octanol–water partition coefficient (Wildman–Crippen LogP) is 3.99. The lowest BCUT2D eigenvalue weighted by Crippen LogP contribution is -2.46. The summed E-state index contributed by atoms with van der Waals surface area (Å²) < 4.78 is 16.3. The monoisotopic (exact) mass is 501 g/mol. The molecule has 2 aromatic rings. The highest BCUT2D eigenvalue weighted by molar-refractivity contribution is 5.92. The summed E-state index contributed by atoms with van der Waals surface area (Å²) in [6.45, 7) is 8.88. The van der Waals surface area contributed by atoms with Crippen LogP contribution < -0.4 is 9.47 Å². The van der Waals surface area contributed by atoms with Gasteiger partial charge in [-0.3, -0.25) is 4.79 Å². The second-order valence-corrected chi connectivity index (χ2v) is 10.3. The second-order valence-electron chi connectivity index (χ2n) is 10.3. The lowest BCUT2D eigenvalue weighted by atomic mass is 9.91. The topological polar surface area (TPSA) is 104 Å². The maximum atomic E-state index is 13.4. The van der Waals surface area contributed by atoms with Crippen molar-refractivity contribution in [3.05, 3.63) is 47.3 Å². The molecular formula is C27H39N3O6. The highest BCUT2D eigenvalue weighted by atomic mass is 16.6. The summed E-state index contributed by atoms with van der Waals surface area (Å²) in [4.78, 5) is 32.2. The fourth-order valence-corrected chi connectivity index (χ4v) is 4.37. The number of hydrogen-bond acceptors (Lipinski definition) is 6. The van der Waals surface area contributed by atoms with E-state index in [0.29, 0.717) is 43.1 Å². The second kappa shape index (κ2) is 11.7. The lowest BCUT2D eigenvalue weighted by Gasteiger charge is -2.36. The third kappa shape index (κ3) is 7.16. The Balaban J connectivity index is 1.72. The van der Waals surface area contributed by atoms with Gasteiger partial charge in [-0.2, -0.15) is 0 Å². The molecule has 2 amide bonds. The number of aromatic nitrogens is 1. The minimum Gasteiger partial charge on any atom is -0.497 e. The fourth-order valence-electron chi connectivity index (χ4n) is 4.37. The average Bonchev–Trinajstić information content (AvgIpc) is 3.28. The molecule has 1 atom stereocenters.